The number of carbonyl (C=O) groups excluding carboxylic acids is 1. The molecule has 94 valence electrons. The first-order chi connectivity index (χ1) is 8.01. The number of ether oxygens (including phenoxy) is 2. The van der Waals surface area contributed by atoms with Crippen LogP contribution in [0.5, 0.6) is 11.5 Å². The van der Waals surface area contributed by atoms with Crippen LogP contribution in [0.3, 0.4) is 0 Å². The molecule has 0 bridgehead atoms. The zero-order valence-electron chi connectivity index (χ0n) is 11.0. The smallest absolute Gasteiger partial charge is 0.161 e. The van der Waals surface area contributed by atoms with Crippen LogP contribution in [0.25, 0.3) is 0 Å². The number of Topliss-reactive ketones (excluding diaryl/α,β-unsaturated/α-hetero) is 1. The Labute approximate surface area is 102 Å². The van der Waals surface area contributed by atoms with Crippen molar-refractivity contribution in [3.05, 3.63) is 23.8 Å². The molecule has 0 saturated heterocycles. The third-order valence-corrected chi connectivity index (χ3v) is 2.62. The molecule has 0 aromatic heterocycles. The monoisotopic (exact) mass is 237 g/mol. The summed E-state index contributed by atoms with van der Waals surface area (Å²) >= 11 is 0. The minimum absolute atomic E-state index is 0.0993. The van der Waals surface area contributed by atoms with E-state index in [1.807, 2.05) is 37.2 Å². The van der Waals surface area contributed by atoms with Crippen LogP contribution in [0.1, 0.15) is 18.5 Å². The summed E-state index contributed by atoms with van der Waals surface area (Å²) < 4.78 is 10.4. The van der Waals surface area contributed by atoms with Gasteiger partial charge in [0.05, 0.1) is 20.3 Å². The lowest BCUT2D eigenvalue weighted by Gasteiger charge is -2.22. The largest absolute Gasteiger partial charge is 0.493 e. The van der Waals surface area contributed by atoms with Crippen LogP contribution < -0.4 is 9.47 Å². The fourth-order valence-electron chi connectivity index (χ4n) is 1.92. The first kappa shape index (κ1) is 13.5. The Morgan fingerprint density at radius 2 is 1.76 bits per heavy atom. The van der Waals surface area contributed by atoms with Crippen molar-refractivity contribution in [1.82, 2.24) is 4.90 Å². The van der Waals surface area contributed by atoms with Gasteiger partial charge >= 0.3 is 0 Å². The molecule has 4 nitrogen and oxygen atoms in total. The average Bonchev–Trinajstić information content (AvgIpc) is 2.27. The molecule has 4 heteroatoms. The molecular formula is C13H19NO3. The lowest BCUT2D eigenvalue weighted by atomic mass is 10.0. The van der Waals surface area contributed by atoms with Gasteiger partial charge in [0, 0.05) is 0 Å². The quantitative estimate of drug-likeness (QED) is 0.784. The van der Waals surface area contributed by atoms with Gasteiger partial charge in [0.25, 0.3) is 0 Å². The van der Waals surface area contributed by atoms with Crippen LogP contribution in [0, 0.1) is 0 Å². The van der Waals surface area contributed by atoms with E-state index in [1.165, 1.54) is 0 Å². The molecule has 1 aromatic rings. The molecule has 0 aliphatic rings. The lowest BCUT2D eigenvalue weighted by Crippen LogP contribution is -2.25. The van der Waals surface area contributed by atoms with Gasteiger partial charge in [0.15, 0.2) is 17.3 Å². The molecule has 1 unspecified atom stereocenters. The highest BCUT2D eigenvalue weighted by Gasteiger charge is 2.20. The predicted molar refractivity (Wildman–Crippen MR) is 66.7 cm³/mol. The van der Waals surface area contributed by atoms with Gasteiger partial charge < -0.3 is 9.47 Å². The van der Waals surface area contributed by atoms with Crippen molar-refractivity contribution < 1.29 is 14.3 Å². The van der Waals surface area contributed by atoms with Crippen molar-refractivity contribution >= 4 is 5.78 Å². The van der Waals surface area contributed by atoms with Crippen LogP contribution in [0.2, 0.25) is 0 Å². The van der Waals surface area contributed by atoms with E-state index < -0.39 is 0 Å². The second-order valence-electron chi connectivity index (χ2n) is 4.09. The van der Waals surface area contributed by atoms with Gasteiger partial charge in [0.2, 0.25) is 0 Å². The molecule has 0 saturated carbocycles. The number of likely N-dealkylation sites (N-methyl/N-ethyl adjacent to an activating group) is 1. The van der Waals surface area contributed by atoms with E-state index in [9.17, 15) is 4.79 Å². The lowest BCUT2D eigenvalue weighted by molar-refractivity contribution is -0.121. The summed E-state index contributed by atoms with van der Waals surface area (Å²) in [6.45, 7) is 1.58. The summed E-state index contributed by atoms with van der Waals surface area (Å²) in [4.78, 5) is 13.5. The van der Waals surface area contributed by atoms with Crippen LogP contribution in [-0.2, 0) is 4.79 Å². The Morgan fingerprint density at radius 3 is 2.18 bits per heavy atom. The first-order valence-corrected chi connectivity index (χ1v) is 5.40. The van der Waals surface area contributed by atoms with Gasteiger partial charge in [-0.3, -0.25) is 9.69 Å². The zero-order valence-corrected chi connectivity index (χ0v) is 11.0. The third kappa shape index (κ3) is 2.97. The maximum atomic E-state index is 11.6. The first-order valence-electron chi connectivity index (χ1n) is 5.40. The van der Waals surface area contributed by atoms with E-state index in [0.717, 1.165) is 5.56 Å². The van der Waals surface area contributed by atoms with Crippen molar-refractivity contribution in [2.24, 2.45) is 0 Å². The summed E-state index contributed by atoms with van der Waals surface area (Å²) in [6.07, 6.45) is 0. The molecule has 0 spiro atoms. The predicted octanol–water partition coefficient (Wildman–Crippen LogP) is 1.90. The Morgan fingerprint density at radius 1 is 1.18 bits per heavy atom. The molecule has 0 radical (unpaired) electrons. The summed E-state index contributed by atoms with van der Waals surface area (Å²) in [5.41, 5.74) is 0.903. The number of nitrogens with zero attached hydrogens (tertiary/aromatic N) is 1. The number of hydrogen-bond donors (Lipinski definition) is 0. The number of carbonyl (C=O) groups is 1. The molecule has 1 rings (SSSR count). The summed E-state index contributed by atoms with van der Waals surface area (Å²) in [7, 11) is 6.93. The van der Waals surface area contributed by atoms with Crippen molar-refractivity contribution in [3.63, 3.8) is 0 Å². The molecule has 0 amide bonds. The highest BCUT2D eigenvalue weighted by molar-refractivity contribution is 5.83. The number of rotatable bonds is 5. The minimum Gasteiger partial charge on any atom is -0.493 e. The van der Waals surface area contributed by atoms with Gasteiger partial charge in [-0.25, -0.2) is 0 Å². The Bertz CT molecular complexity index is 402. The molecular weight excluding hydrogens is 218 g/mol. The van der Waals surface area contributed by atoms with Crippen LogP contribution in [0.15, 0.2) is 18.2 Å². The second kappa shape index (κ2) is 5.68. The summed E-state index contributed by atoms with van der Waals surface area (Å²) in [6, 6.07) is 5.28. The van der Waals surface area contributed by atoms with E-state index in [4.69, 9.17) is 9.47 Å². The highest BCUT2D eigenvalue weighted by atomic mass is 16.5. The van der Waals surface area contributed by atoms with Gasteiger partial charge in [0.1, 0.15) is 0 Å². The van der Waals surface area contributed by atoms with Gasteiger partial charge in [-0.1, -0.05) is 6.07 Å². The number of benzene rings is 1. The molecule has 1 atom stereocenters. The summed E-state index contributed by atoms with van der Waals surface area (Å²) in [5.74, 6) is 1.40. The molecule has 0 heterocycles. The van der Waals surface area contributed by atoms with E-state index in [-0.39, 0.29) is 11.8 Å². The Kier molecular flexibility index (Phi) is 4.52. The standard InChI is InChI=1S/C13H19NO3/c1-9(15)13(14(2)3)10-6-7-11(16-4)12(8-10)17-5/h6-8,13H,1-5H3. The Hall–Kier alpha value is -1.55. The van der Waals surface area contributed by atoms with E-state index >= 15 is 0 Å². The highest BCUT2D eigenvalue weighted by Crippen LogP contribution is 2.31. The van der Waals surface area contributed by atoms with E-state index in [0.29, 0.717) is 11.5 Å². The molecule has 0 N–H and O–H groups in total. The molecule has 0 fully saturated rings. The average molecular weight is 237 g/mol. The maximum Gasteiger partial charge on any atom is 0.161 e. The molecule has 17 heavy (non-hydrogen) atoms. The fourth-order valence-corrected chi connectivity index (χ4v) is 1.92. The fraction of sp³-hybridized carbons (Fsp3) is 0.462. The normalized spacial score (nSPS) is 12.4. The Balaban J connectivity index is 3.17. The van der Waals surface area contributed by atoms with Crippen LogP contribution >= 0.6 is 0 Å². The minimum atomic E-state index is -0.255. The van der Waals surface area contributed by atoms with Gasteiger partial charge in [-0.05, 0) is 38.7 Å². The van der Waals surface area contributed by atoms with Crippen LogP contribution in [0.4, 0.5) is 0 Å². The van der Waals surface area contributed by atoms with Gasteiger partial charge in [-0.15, -0.1) is 0 Å². The number of ketones is 1. The van der Waals surface area contributed by atoms with E-state index in [2.05, 4.69) is 0 Å². The van der Waals surface area contributed by atoms with Crippen LogP contribution in [-0.4, -0.2) is 39.0 Å². The topological polar surface area (TPSA) is 38.8 Å². The molecule has 0 aliphatic carbocycles. The second-order valence-corrected chi connectivity index (χ2v) is 4.09. The summed E-state index contributed by atoms with van der Waals surface area (Å²) in [5, 5.41) is 0. The number of methoxy groups -OCH3 is 2. The SMILES string of the molecule is COc1ccc(C(C(C)=O)N(C)C)cc1OC. The number of hydrogen-bond acceptors (Lipinski definition) is 4. The van der Waals surface area contributed by atoms with Crippen molar-refractivity contribution in [3.8, 4) is 11.5 Å². The third-order valence-electron chi connectivity index (χ3n) is 2.62. The molecule has 0 aliphatic heterocycles. The van der Waals surface area contributed by atoms with Gasteiger partial charge in [-0.2, -0.15) is 0 Å². The van der Waals surface area contributed by atoms with Crippen molar-refractivity contribution in [1.29, 1.82) is 0 Å². The van der Waals surface area contributed by atoms with E-state index in [1.54, 1.807) is 21.1 Å². The van der Waals surface area contributed by atoms with Crippen molar-refractivity contribution in [2.75, 3.05) is 28.3 Å². The molecule has 1 aromatic carbocycles. The zero-order chi connectivity index (χ0) is 13.0. The van der Waals surface area contributed by atoms with Crippen molar-refractivity contribution in [2.45, 2.75) is 13.0 Å². The maximum absolute atomic E-state index is 11.6.